The molecule has 1 heterocycles. The first-order valence-electron chi connectivity index (χ1n) is 6.28. The molecule has 1 fully saturated rings. The molecule has 1 aliphatic rings. The van der Waals surface area contributed by atoms with Crippen LogP contribution < -0.4 is 10.5 Å². The van der Waals surface area contributed by atoms with Crippen molar-refractivity contribution in [1.29, 1.82) is 0 Å². The minimum Gasteiger partial charge on any atom is -0.329 e. The quantitative estimate of drug-likeness (QED) is 0.873. The van der Waals surface area contributed by atoms with Gasteiger partial charge in [-0.2, -0.15) is 12.7 Å². The van der Waals surface area contributed by atoms with E-state index in [2.05, 4.69) is 20.7 Å². The van der Waals surface area contributed by atoms with E-state index in [0.29, 0.717) is 18.8 Å². The van der Waals surface area contributed by atoms with Gasteiger partial charge in [-0.25, -0.2) is 0 Å². The molecule has 0 radical (unpaired) electrons. The third kappa shape index (κ3) is 3.68. The molecular formula is C12H18BrN3O2S. The summed E-state index contributed by atoms with van der Waals surface area (Å²) >= 11 is 3.32. The van der Waals surface area contributed by atoms with Crippen LogP contribution in [-0.2, 0) is 10.2 Å². The van der Waals surface area contributed by atoms with Gasteiger partial charge in [-0.1, -0.05) is 22.4 Å². The molecule has 0 spiro atoms. The second-order valence-electron chi connectivity index (χ2n) is 4.61. The summed E-state index contributed by atoms with van der Waals surface area (Å²) in [6.07, 6.45) is 2.75. The smallest absolute Gasteiger partial charge is 0.301 e. The molecule has 0 aliphatic carbocycles. The van der Waals surface area contributed by atoms with Crippen LogP contribution in [0.4, 0.5) is 5.69 Å². The molecule has 0 aromatic heterocycles. The lowest BCUT2D eigenvalue weighted by molar-refractivity contribution is 0.259. The first-order chi connectivity index (χ1) is 9.03. The lowest BCUT2D eigenvalue weighted by Gasteiger charge is -2.33. The highest BCUT2D eigenvalue weighted by molar-refractivity contribution is 9.10. The highest BCUT2D eigenvalue weighted by atomic mass is 79.9. The predicted octanol–water partition coefficient (Wildman–Crippen LogP) is 1.92. The van der Waals surface area contributed by atoms with Crippen molar-refractivity contribution in [3.8, 4) is 0 Å². The van der Waals surface area contributed by atoms with E-state index in [1.807, 2.05) is 0 Å². The van der Waals surface area contributed by atoms with Crippen LogP contribution in [0, 0.1) is 0 Å². The molecule has 2 rings (SSSR count). The molecule has 1 aliphatic heterocycles. The predicted molar refractivity (Wildman–Crippen MR) is 80.1 cm³/mol. The Bertz CT molecular complexity index is 518. The third-order valence-corrected chi connectivity index (χ3v) is 5.37. The Morgan fingerprint density at radius 1 is 1.32 bits per heavy atom. The Balaban J connectivity index is 2.14. The summed E-state index contributed by atoms with van der Waals surface area (Å²) in [5, 5.41) is 0. The first kappa shape index (κ1) is 14.8. The summed E-state index contributed by atoms with van der Waals surface area (Å²) in [5.74, 6) is 0. The molecule has 1 aromatic rings. The number of anilines is 1. The zero-order chi connectivity index (χ0) is 13.9. The van der Waals surface area contributed by atoms with Gasteiger partial charge in [-0.05, 0) is 37.1 Å². The van der Waals surface area contributed by atoms with Crippen molar-refractivity contribution in [1.82, 2.24) is 4.31 Å². The Labute approximate surface area is 122 Å². The molecule has 1 atom stereocenters. The van der Waals surface area contributed by atoms with E-state index in [1.54, 1.807) is 24.3 Å². The molecule has 19 heavy (non-hydrogen) atoms. The lowest BCUT2D eigenvalue weighted by Crippen LogP contribution is -2.49. The number of hydrogen-bond acceptors (Lipinski definition) is 3. The molecule has 0 saturated carbocycles. The number of nitrogens with two attached hydrogens (primary N) is 1. The molecule has 7 heteroatoms. The fourth-order valence-electron chi connectivity index (χ4n) is 2.25. The number of halogens is 1. The summed E-state index contributed by atoms with van der Waals surface area (Å²) < 4.78 is 29.7. The number of rotatable bonds is 4. The standard InChI is InChI=1S/C12H18BrN3O2S/c13-10-4-6-11(7-5-10)15-19(17,18)16-8-2-1-3-12(16)9-14/h4-7,12,15H,1-3,8-9,14H2. The molecule has 0 bridgehead atoms. The summed E-state index contributed by atoms with van der Waals surface area (Å²) in [6.45, 7) is 0.898. The zero-order valence-corrected chi connectivity index (χ0v) is 13.0. The summed E-state index contributed by atoms with van der Waals surface area (Å²) in [5.41, 5.74) is 6.22. The van der Waals surface area contributed by atoms with E-state index in [0.717, 1.165) is 23.7 Å². The largest absolute Gasteiger partial charge is 0.329 e. The van der Waals surface area contributed by atoms with E-state index in [-0.39, 0.29) is 6.04 Å². The van der Waals surface area contributed by atoms with Gasteiger partial charge in [0.05, 0.1) is 0 Å². The average molecular weight is 348 g/mol. The number of piperidine rings is 1. The van der Waals surface area contributed by atoms with Crippen molar-refractivity contribution in [2.24, 2.45) is 5.73 Å². The van der Waals surface area contributed by atoms with Crippen LogP contribution >= 0.6 is 15.9 Å². The van der Waals surface area contributed by atoms with Gasteiger partial charge in [0.15, 0.2) is 0 Å². The van der Waals surface area contributed by atoms with Crippen molar-refractivity contribution in [3.05, 3.63) is 28.7 Å². The fourth-order valence-corrected chi connectivity index (χ4v) is 4.02. The van der Waals surface area contributed by atoms with Gasteiger partial charge in [0.25, 0.3) is 0 Å². The normalized spacial score (nSPS) is 21.3. The van der Waals surface area contributed by atoms with Crippen LogP contribution in [0.5, 0.6) is 0 Å². The van der Waals surface area contributed by atoms with E-state index >= 15 is 0 Å². The van der Waals surface area contributed by atoms with Crippen molar-refractivity contribution in [3.63, 3.8) is 0 Å². The highest BCUT2D eigenvalue weighted by Crippen LogP contribution is 2.22. The Morgan fingerprint density at radius 3 is 2.63 bits per heavy atom. The van der Waals surface area contributed by atoms with Crippen LogP contribution in [0.15, 0.2) is 28.7 Å². The summed E-state index contributed by atoms with van der Waals surface area (Å²) in [4.78, 5) is 0. The van der Waals surface area contributed by atoms with Crippen LogP contribution in [0.3, 0.4) is 0 Å². The van der Waals surface area contributed by atoms with Crippen molar-refractivity contribution >= 4 is 31.8 Å². The van der Waals surface area contributed by atoms with Crippen LogP contribution in [0.1, 0.15) is 19.3 Å². The molecule has 106 valence electrons. The number of benzene rings is 1. The molecular weight excluding hydrogens is 330 g/mol. The zero-order valence-electron chi connectivity index (χ0n) is 10.5. The molecule has 5 nitrogen and oxygen atoms in total. The molecule has 0 amide bonds. The fraction of sp³-hybridized carbons (Fsp3) is 0.500. The molecule has 3 N–H and O–H groups in total. The molecule has 1 saturated heterocycles. The van der Waals surface area contributed by atoms with Gasteiger partial charge in [0, 0.05) is 29.3 Å². The maximum Gasteiger partial charge on any atom is 0.301 e. The first-order valence-corrected chi connectivity index (χ1v) is 8.51. The lowest BCUT2D eigenvalue weighted by atomic mass is 10.1. The minimum absolute atomic E-state index is 0.0956. The highest BCUT2D eigenvalue weighted by Gasteiger charge is 2.31. The van der Waals surface area contributed by atoms with Gasteiger partial charge in [-0.15, -0.1) is 0 Å². The summed E-state index contributed by atoms with van der Waals surface area (Å²) in [7, 11) is -3.52. The number of nitrogens with zero attached hydrogens (tertiary/aromatic N) is 1. The second kappa shape index (κ2) is 6.21. The second-order valence-corrected chi connectivity index (χ2v) is 7.15. The Hall–Kier alpha value is -0.630. The van der Waals surface area contributed by atoms with E-state index in [9.17, 15) is 8.42 Å². The maximum absolute atomic E-state index is 12.4. The van der Waals surface area contributed by atoms with E-state index in [1.165, 1.54) is 4.31 Å². The topological polar surface area (TPSA) is 75.4 Å². The van der Waals surface area contributed by atoms with Crippen molar-refractivity contribution in [2.75, 3.05) is 17.8 Å². The minimum atomic E-state index is -3.52. The van der Waals surface area contributed by atoms with Gasteiger partial charge >= 0.3 is 10.2 Å². The van der Waals surface area contributed by atoms with Gasteiger partial charge in [-0.3, -0.25) is 4.72 Å². The van der Waals surface area contributed by atoms with E-state index in [4.69, 9.17) is 5.73 Å². The monoisotopic (exact) mass is 347 g/mol. The van der Waals surface area contributed by atoms with Gasteiger partial charge < -0.3 is 5.73 Å². The SMILES string of the molecule is NCC1CCCCN1S(=O)(=O)Nc1ccc(Br)cc1. The number of hydrogen-bond donors (Lipinski definition) is 2. The van der Waals surface area contributed by atoms with Gasteiger partial charge in [0.2, 0.25) is 0 Å². The Kier molecular flexibility index (Phi) is 4.83. The van der Waals surface area contributed by atoms with Crippen molar-refractivity contribution < 1.29 is 8.42 Å². The van der Waals surface area contributed by atoms with Crippen LogP contribution in [-0.4, -0.2) is 31.9 Å². The van der Waals surface area contributed by atoms with Crippen molar-refractivity contribution in [2.45, 2.75) is 25.3 Å². The molecule has 1 unspecified atom stereocenters. The number of nitrogens with one attached hydrogen (secondary N) is 1. The van der Waals surface area contributed by atoms with Crippen LogP contribution in [0.25, 0.3) is 0 Å². The van der Waals surface area contributed by atoms with Crippen LogP contribution in [0.2, 0.25) is 0 Å². The Morgan fingerprint density at radius 2 is 2.00 bits per heavy atom. The summed E-state index contributed by atoms with van der Waals surface area (Å²) in [6, 6.07) is 6.95. The van der Waals surface area contributed by atoms with E-state index < -0.39 is 10.2 Å². The average Bonchev–Trinajstić information content (AvgIpc) is 2.41. The third-order valence-electron chi connectivity index (χ3n) is 3.24. The maximum atomic E-state index is 12.4. The molecule has 1 aromatic carbocycles. The van der Waals surface area contributed by atoms with Gasteiger partial charge in [0.1, 0.15) is 0 Å².